The van der Waals surface area contributed by atoms with Crippen molar-refractivity contribution in [3.05, 3.63) is 123 Å². The number of nitrogens with one attached hydrogen (secondary N) is 5. The Labute approximate surface area is 363 Å². The summed E-state index contributed by atoms with van der Waals surface area (Å²) in [5, 5.41) is 15.7. The Bertz CT molecular complexity index is 2580. The standard InChI is InChI=1S/C35H27N7O10S2.2Na/c43-15-14-36-22-8-10-24(11-9-22)40-42-32-29(53(47,48)49)17-20-6-7-26(19-28(20)34(32)45)38-35(46)37-25-12-13-27-21(16-25)18-30(54(50,51)52)31(33(27)44)41-39-23-4-2-1-3-5-23;;/h1-13,15-19,36,39-40H,14H2,(H2,37,38,46)(H,47,48,49)(H,50,51,52);;/q;2*+1/p-2/b41-31-,42-32?;;. The summed E-state index contributed by atoms with van der Waals surface area (Å²) >= 11 is 0. The van der Waals surface area contributed by atoms with Gasteiger partial charge in [-0.05, 0) is 90.0 Å². The zero-order chi connectivity index (χ0) is 38.6. The Morgan fingerprint density at radius 2 is 1.09 bits per heavy atom. The molecule has 0 bridgehead atoms. The summed E-state index contributed by atoms with van der Waals surface area (Å²) in [6, 6.07) is 21.6. The second kappa shape index (κ2) is 18.4. The van der Waals surface area contributed by atoms with E-state index in [1.54, 1.807) is 42.5 Å². The van der Waals surface area contributed by atoms with Gasteiger partial charge in [-0.25, -0.2) is 21.6 Å². The summed E-state index contributed by atoms with van der Waals surface area (Å²) in [6.45, 7) is 0.0780. The minimum Gasteiger partial charge on any atom is -0.744 e. The van der Waals surface area contributed by atoms with Crippen molar-refractivity contribution >= 4 is 96.1 Å². The molecule has 21 heteroatoms. The number of hydrogen-bond acceptors (Lipinski definition) is 15. The van der Waals surface area contributed by atoms with E-state index in [0.717, 1.165) is 12.2 Å². The van der Waals surface area contributed by atoms with E-state index in [0.29, 0.717) is 23.3 Å². The number of hydrazone groups is 2. The molecule has 0 fully saturated rings. The molecule has 2 amide bonds. The Hall–Kier alpha value is -4.80. The fourth-order valence-electron chi connectivity index (χ4n) is 5.28. The fraction of sp³-hybridized carbons (Fsp3) is 0.0286. The maximum atomic E-state index is 13.5. The second-order valence-corrected chi connectivity index (χ2v) is 14.1. The van der Waals surface area contributed by atoms with Crippen LogP contribution in [0.3, 0.4) is 0 Å². The van der Waals surface area contributed by atoms with Gasteiger partial charge >= 0.3 is 65.1 Å². The average Bonchev–Trinajstić information content (AvgIpc) is 3.13. The topological polar surface area (TPSA) is 268 Å². The van der Waals surface area contributed by atoms with Gasteiger partial charge in [0.25, 0.3) is 0 Å². The van der Waals surface area contributed by atoms with Gasteiger partial charge in [-0.1, -0.05) is 24.3 Å². The van der Waals surface area contributed by atoms with Crippen LogP contribution in [0.2, 0.25) is 0 Å². The van der Waals surface area contributed by atoms with Crippen LogP contribution in [0.5, 0.6) is 0 Å². The molecule has 274 valence electrons. The zero-order valence-corrected chi connectivity index (χ0v) is 35.0. The first-order valence-corrected chi connectivity index (χ1v) is 18.3. The predicted molar refractivity (Wildman–Crippen MR) is 199 cm³/mol. The molecule has 2 aliphatic rings. The molecule has 0 radical (unpaired) electrons. The quantitative estimate of drug-likeness (QED) is 0.0478. The summed E-state index contributed by atoms with van der Waals surface area (Å²) in [6.07, 6.45) is 2.64. The van der Waals surface area contributed by atoms with Gasteiger partial charge in [0.15, 0.2) is 0 Å². The molecule has 0 saturated heterocycles. The summed E-state index contributed by atoms with van der Waals surface area (Å²) in [4.78, 5) is 48.6. The predicted octanol–water partition coefficient (Wildman–Crippen LogP) is -1.95. The Kier molecular flexibility index (Phi) is 14.5. The number of urea groups is 1. The number of anilines is 5. The second-order valence-electron chi connectivity index (χ2n) is 11.4. The van der Waals surface area contributed by atoms with Crippen LogP contribution in [0.15, 0.2) is 111 Å². The molecule has 5 N–H and O–H groups in total. The third-order valence-corrected chi connectivity index (χ3v) is 9.46. The molecular formula is C35H25N7Na2O10S2. The van der Waals surface area contributed by atoms with Gasteiger partial charge in [0.1, 0.15) is 37.9 Å². The normalized spacial score (nSPS) is 14.8. The number of allylic oxidation sites excluding steroid dienone is 2. The third-order valence-electron chi connectivity index (χ3n) is 7.76. The molecule has 0 heterocycles. The van der Waals surface area contributed by atoms with E-state index in [-0.39, 0.29) is 99.3 Å². The molecule has 56 heavy (non-hydrogen) atoms. The van der Waals surface area contributed by atoms with Gasteiger partial charge in [0.05, 0.1) is 27.7 Å². The smallest absolute Gasteiger partial charge is 0.744 e. The summed E-state index contributed by atoms with van der Waals surface area (Å²) in [5.41, 5.74) is 5.36. The van der Waals surface area contributed by atoms with Crippen molar-refractivity contribution < 1.29 is 104 Å². The van der Waals surface area contributed by atoms with Gasteiger partial charge < -0.3 is 29.9 Å². The van der Waals surface area contributed by atoms with E-state index in [4.69, 9.17) is 0 Å². The van der Waals surface area contributed by atoms with E-state index in [2.05, 4.69) is 37.0 Å². The number of rotatable bonds is 11. The summed E-state index contributed by atoms with van der Waals surface area (Å²) < 4.78 is 72.7. The largest absolute Gasteiger partial charge is 1.00 e. The number of fused-ring (bicyclic) bond motifs is 2. The maximum absolute atomic E-state index is 13.5. The van der Waals surface area contributed by atoms with Crippen molar-refractivity contribution in [2.24, 2.45) is 10.2 Å². The first-order valence-electron chi connectivity index (χ1n) is 15.5. The first kappa shape index (κ1) is 43.9. The number of Topliss-reactive ketones (excluding diaryl/α,β-unsaturated/α-hetero) is 2. The Balaban J connectivity index is 0.00000348. The van der Waals surface area contributed by atoms with E-state index >= 15 is 0 Å². The number of carbonyl (C=O) groups is 4. The van der Waals surface area contributed by atoms with Gasteiger partial charge in [-0.2, -0.15) is 10.2 Å². The number of aldehydes is 1. The van der Waals surface area contributed by atoms with Crippen LogP contribution < -0.4 is 85.9 Å². The molecule has 0 aromatic heterocycles. The molecule has 0 atom stereocenters. The molecule has 2 aliphatic carbocycles. The van der Waals surface area contributed by atoms with Crippen molar-refractivity contribution in [1.29, 1.82) is 0 Å². The van der Waals surface area contributed by atoms with Crippen molar-refractivity contribution in [1.82, 2.24) is 0 Å². The molecule has 4 aromatic rings. The van der Waals surface area contributed by atoms with Crippen LogP contribution in [0.1, 0.15) is 31.8 Å². The van der Waals surface area contributed by atoms with E-state index in [9.17, 15) is 45.1 Å². The van der Waals surface area contributed by atoms with E-state index in [1.165, 1.54) is 48.5 Å². The molecule has 17 nitrogen and oxygen atoms in total. The number of amides is 2. The van der Waals surface area contributed by atoms with E-state index in [1.807, 2.05) is 0 Å². The minimum absolute atomic E-state index is 0. The number of ketones is 2. The van der Waals surface area contributed by atoms with Gasteiger partial charge in [0, 0.05) is 28.2 Å². The third kappa shape index (κ3) is 10.3. The van der Waals surface area contributed by atoms with Crippen LogP contribution in [-0.2, 0) is 25.0 Å². The van der Waals surface area contributed by atoms with Gasteiger partial charge in [-0.15, -0.1) is 0 Å². The SMILES string of the molecule is O=CCNc1ccc(NN=C2C(=O)c3cc(NC(=O)Nc4ccc5c(c4)C=C(S(=O)(=O)[O-])/C(=N/Nc4ccccc4)C5=O)ccc3C=C2S(=O)(=O)[O-])cc1.[Na+].[Na+]. The number of nitrogens with zero attached hydrogens (tertiary/aromatic N) is 2. The maximum Gasteiger partial charge on any atom is 1.00 e. The monoisotopic (exact) mass is 813 g/mol. The molecule has 0 saturated carbocycles. The fourth-order valence-corrected chi connectivity index (χ4v) is 6.58. The molecular weight excluding hydrogens is 789 g/mol. The summed E-state index contributed by atoms with van der Waals surface area (Å²) in [5.74, 6) is -1.78. The molecule has 6 rings (SSSR count). The van der Waals surface area contributed by atoms with Crippen LogP contribution in [0, 0.1) is 0 Å². The summed E-state index contributed by atoms with van der Waals surface area (Å²) in [7, 11) is -10.3. The minimum atomic E-state index is -5.17. The van der Waals surface area contributed by atoms with Gasteiger partial charge in [0.2, 0.25) is 11.6 Å². The Morgan fingerprint density at radius 3 is 1.66 bits per heavy atom. The Morgan fingerprint density at radius 1 is 0.607 bits per heavy atom. The van der Waals surface area contributed by atoms with Crippen LogP contribution in [0.25, 0.3) is 12.2 Å². The van der Waals surface area contributed by atoms with Crippen molar-refractivity contribution in [2.45, 2.75) is 0 Å². The van der Waals surface area contributed by atoms with E-state index < -0.39 is 59.1 Å². The number of hydrogen-bond donors (Lipinski definition) is 5. The van der Waals surface area contributed by atoms with Gasteiger partial charge in [-0.3, -0.25) is 20.4 Å². The average molecular weight is 814 g/mol. The number of carbonyl (C=O) groups excluding carboxylic acids is 4. The first-order chi connectivity index (χ1) is 25.7. The molecule has 4 aromatic carbocycles. The van der Waals surface area contributed by atoms with Crippen molar-refractivity contribution in [2.75, 3.05) is 33.3 Å². The van der Waals surface area contributed by atoms with Crippen LogP contribution in [0.4, 0.5) is 33.2 Å². The molecule has 0 spiro atoms. The number of benzene rings is 4. The van der Waals surface area contributed by atoms with Crippen molar-refractivity contribution in [3.63, 3.8) is 0 Å². The molecule has 0 unspecified atom stereocenters. The van der Waals surface area contributed by atoms with Crippen LogP contribution >= 0.6 is 0 Å². The number of para-hydroxylation sites is 1. The zero-order valence-electron chi connectivity index (χ0n) is 29.4. The van der Waals surface area contributed by atoms with Crippen molar-refractivity contribution in [3.8, 4) is 0 Å². The molecule has 0 aliphatic heterocycles. The van der Waals surface area contributed by atoms with Crippen LogP contribution in [-0.4, -0.2) is 67.8 Å².